The lowest BCUT2D eigenvalue weighted by Gasteiger charge is -2.23. The molecule has 2 nitrogen and oxygen atoms in total. The van der Waals surface area contributed by atoms with E-state index in [0.29, 0.717) is 12.5 Å². The standard InChI is InChI=1S/C15H21NO/c1-12(2)11-17-15-7-5-13(6-8-15)14-4-3-9-16-10-14/h5-8,14,16H,1,3-4,9-11H2,2H3. The third-order valence-corrected chi connectivity index (χ3v) is 3.13. The van der Waals surface area contributed by atoms with Gasteiger partial charge in [0.15, 0.2) is 0 Å². The Morgan fingerprint density at radius 2 is 2.18 bits per heavy atom. The molecule has 2 rings (SSSR count). The third-order valence-electron chi connectivity index (χ3n) is 3.13. The lowest BCUT2D eigenvalue weighted by atomic mass is 9.92. The summed E-state index contributed by atoms with van der Waals surface area (Å²) in [5, 5.41) is 3.45. The van der Waals surface area contributed by atoms with Crippen LogP contribution in [0.4, 0.5) is 0 Å². The first-order chi connectivity index (χ1) is 8.25. The number of piperidine rings is 1. The fraction of sp³-hybridized carbons (Fsp3) is 0.467. The van der Waals surface area contributed by atoms with Gasteiger partial charge in [0, 0.05) is 6.54 Å². The molecule has 1 fully saturated rings. The van der Waals surface area contributed by atoms with Crippen molar-refractivity contribution in [1.29, 1.82) is 0 Å². The van der Waals surface area contributed by atoms with Crippen LogP contribution in [0.25, 0.3) is 0 Å². The summed E-state index contributed by atoms with van der Waals surface area (Å²) in [4.78, 5) is 0. The number of ether oxygens (including phenoxy) is 1. The summed E-state index contributed by atoms with van der Waals surface area (Å²) in [5.74, 6) is 1.60. The van der Waals surface area contributed by atoms with E-state index in [0.717, 1.165) is 24.4 Å². The van der Waals surface area contributed by atoms with Crippen LogP contribution in [-0.4, -0.2) is 19.7 Å². The van der Waals surface area contributed by atoms with Crippen LogP contribution in [0.1, 0.15) is 31.2 Å². The van der Waals surface area contributed by atoms with Gasteiger partial charge in [-0.05, 0) is 55.5 Å². The fourth-order valence-electron chi connectivity index (χ4n) is 2.18. The van der Waals surface area contributed by atoms with E-state index in [2.05, 4.69) is 36.2 Å². The molecule has 0 amide bonds. The average molecular weight is 231 g/mol. The van der Waals surface area contributed by atoms with Gasteiger partial charge in [-0.1, -0.05) is 18.7 Å². The first-order valence-electron chi connectivity index (χ1n) is 6.33. The monoisotopic (exact) mass is 231 g/mol. The van der Waals surface area contributed by atoms with E-state index in [9.17, 15) is 0 Å². The molecule has 2 heteroatoms. The first-order valence-corrected chi connectivity index (χ1v) is 6.33. The summed E-state index contributed by atoms with van der Waals surface area (Å²) in [6.45, 7) is 8.67. The Kier molecular flexibility index (Phi) is 4.21. The predicted octanol–water partition coefficient (Wildman–Crippen LogP) is 3.11. The van der Waals surface area contributed by atoms with Crippen molar-refractivity contribution in [2.45, 2.75) is 25.7 Å². The zero-order valence-corrected chi connectivity index (χ0v) is 10.5. The average Bonchev–Trinajstić information content (AvgIpc) is 2.38. The van der Waals surface area contributed by atoms with Crippen LogP contribution < -0.4 is 10.1 Å². The normalized spacial score (nSPS) is 19.9. The first kappa shape index (κ1) is 12.2. The second-order valence-electron chi connectivity index (χ2n) is 4.86. The van der Waals surface area contributed by atoms with Gasteiger partial charge in [0.1, 0.15) is 12.4 Å². The van der Waals surface area contributed by atoms with Crippen LogP contribution in [0.3, 0.4) is 0 Å². The SMILES string of the molecule is C=C(C)COc1ccc(C2CCCNC2)cc1. The largest absolute Gasteiger partial charge is 0.489 e. The Morgan fingerprint density at radius 1 is 1.41 bits per heavy atom. The van der Waals surface area contributed by atoms with Crippen molar-refractivity contribution in [3.05, 3.63) is 42.0 Å². The molecule has 1 aromatic carbocycles. The Labute approximate surface area is 104 Å². The number of benzene rings is 1. The second kappa shape index (κ2) is 5.87. The molecule has 0 aromatic heterocycles. The van der Waals surface area contributed by atoms with Gasteiger partial charge in [-0.25, -0.2) is 0 Å². The van der Waals surface area contributed by atoms with Gasteiger partial charge in [0.25, 0.3) is 0 Å². The molecule has 0 saturated carbocycles. The van der Waals surface area contributed by atoms with Crippen molar-refractivity contribution in [2.24, 2.45) is 0 Å². The number of nitrogens with one attached hydrogen (secondary N) is 1. The van der Waals surface area contributed by atoms with Crippen molar-refractivity contribution in [2.75, 3.05) is 19.7 Å². The highest BCUT2D eigenvalue weighted by molar-refractivity contribution is 5.30. The van der Waals surface area contributed by atoms with Gasteiger partial charge in [0.2, 0.25) is 0 Å². The molecule has 1 aliphatic heterocycles. The molecule has 1 heterocycles. The van der Waals surface area contributed by atoms with Crippen LogP contribution in [0.5, 0.6) is 5.75 Å². The van der Waals surface area contributed by atoms with Crippen molar-refractivity contribution >= 4 is 0 Å². The lowest BCUT2D eigenvalue weighted by molar-refractivity contribution is 0.352. The molecule has 0 spiro atoms. The highest BCUT2D eigenvalue weighted by Gasteiger charge is 2.14. The van der Waals surface area contributed by atoms with Gasteiger partial charge in [-0.15, -0.1) is 0 Å². The summed E-state index contributed by atoms with van der Waals surface area (Å²) in [7, 11) is 0. The fourth-order valence-corrected chi connectivity index (χ4v) is 2.18. The summed E-state index contributed by atoms with van der Waals surface area (Å²) < 4.78 is 5.59. The molecule has 0 bridgehead atoms. The Morgan fingerprint density at radius 3 is 2.76 bits per heavy atom. The Bertz CT molecular complexity index is 363. The van der Waals surface area contributed by atoms with Crippen LogP contribution >= 0.6 is 0 Å². The van der Waals surface area contributed by atoms with E-state index in [-0.39, 0.29) is 0 Å². The van der Waals surface area contributed by atoms with Crippen molar-refractivity contribution in [1.82, 2.24) is 5.32 Å². The molecule has 1 N–H and O–H groups in total. The maximum absolute atomic E-state index is 5.59. The van der Waals surface area contributed by atoms with Gasteiger partial charge in [-0.2, -0.15) is 0 Å². The molecule has 17 heavy (non-hydrogen) atoms. The minimum absolute atomic E-state index is 0.602. The summed E-state index contributed by atoms with van der Waals surface area (Å²) in [6.07, 6.45) is 2.57. The van der Waals surface area contributed by atoms with Gasteiger partial charge >= 0.3 is 0 Å². The molecule has 0 radical (unpaired) electrons. The minimum Gasteiger partial charge on any atom is -0.489 e. The molecular weight excluding hydrogens is 210 g/mol. The Hall–Kier alpha value is -1.28. The molecule has 1 saturated heterocycles. The Balaban J connectivity index is 1.94. The van der Waals surface area contributed by atoms with Crippen LogP contribution in [0.15, 0.2) is 36.4 Å². The maximum Gasteiger partial charge on any atom is 0.119 e. The summed E-state index contributed by atoms with van der Waals surface area (Å²) in [5.41, 5.74) is 2.46. The number of hydrogen-bond acceptors (Lipinski definition) is 2. The molecular formula is C15H21NO. The van der Waals surface area contributed by atoms with Crippen molar-refractivity contribution < 1.29 is 4.74 Å². The molecule has 1 atom stereocenters. The molecule has 1 aromatic rings. The van der Waals surface area contributed by atoms with E-state index >= 15 is 0 Å². The van der Waals surface area contributed by atoms with E-state index in [4.69, 9.17) is 4.74 Å². The second-order valence-corrected chi connectivity index (χ2v) is 4.86. The van der Waals surface area contributed by atoms with Gasteiger partial charge in [-0.3, -0.25) is 0 Å². The topological polar surface area (TPSA) is 21.3 Å². The summed E-state index contributed by atoms with van der Waals surface area (Å²) in [6, 6.07) is 8.50. The smallest absolute Gasteiger partial charge is 0.119 e. The predicted molar refractivity (Wildman–Crippen MR) is 71.6 cm³/mol. The van der Waals surface area contributed by atoms with E-state index in [1.807, 2.05) is 6.92 Å². The maximum atomic E-state index is 5.59. The van der Waals surface area contributed by atoms with Crippen LogP contribution in [0.2, 0.25) is 0 Å². The van der Waals surface area contributed by atoms with Crippen molar-refractivity contribution in [3.63, 3.8) is 0 Å². The highest BCUT2D eigenvalue weighted by atomic mass is 16.5. The molecule has 92 valence electrons. The van der Waals surface area contributed by atoms with E-state index in [1.165, 1.54) is 18.4 Å². The third kappa shape index (κ3) is 3.60. The van der Waals surface area contributed by atoms with Crippen LogP contribution in [0, 0.1) is 0 Å². The van der Waals surface area contributed by atoms with Crippen LogP contribution in [-0.2, 0) is 0 Å². The lowest BCUT2D eigenvalue weighted by Crippen LogP contribution is -2.28. The minimum atomic E-state index is 0.602. The molecule has 1 aliphatic rings. The van der Waals surface area contributed by atoms with E-state index < -0.39 is 0 Å². The molecule has 0 aliphatic carbocycles. The number of hydrogen-bond donors (Lipinski definition) is 1. The zero-order valence-electron chi connectivity index (χ0n) is 10.5. The zero-order chi connectivity index (χ0) is 12.1. The number of rotatable bonds is 4. The molecule has 1 unspecified atom stereocenters. The van der Waals surface area contributed by atoms with Crippen molar-refractivity contribution in [3.8, 4) is 5.75 Å². The summed E-state index contributed by atoms with van der Waals surface area (Å²) >= 11 is 0. The van der Waals surface area contributed by atoms with Gasteiger partial charge < -0.3 is 10.1 Å². The quantitative estimate of drug-likeness (QED) is 0.804. The van der Waals surface area contributed by atoms with E-state index in [1.54, 1.807) is 0 Å². The van der Waals surface area contributed by atoms with Gasteiger partial charge in [0.05, 0.1) is 0 Å². The highest BCUT2D eigenvalue weighted by Crippen LogP contribution is 2.25.